The van der Waals surface area contributed by atoms with Crippen LogP contribution in [0.4, 0.5) is 5.69 Å². The first-order valence-electron chi connectivity index (χ1n) is 7.75. The van der Waals surface area contributed by atoms with E-state index in [0.29, 0.717) is 6.04 Å². The molecule has 0 saturated heterocycles. The molecule has 1 heterocycles. The van der Waals surface area contributed by atoms with Crippen molar-refractivity contribution >= 4 is 17.4 Å². The molecule has 0 bridgehead atoms. The summed E-state index contributed by atoms with van der Waals surface area (Å²) in [6.45, 7) is 2.07. The lowest BCUT2D eigenvalue weighted by Gasteiger charge is -2.21. The average molecular weight is 301 g/mol. The fraction of sp³-hybridized carbons (Fsp3) is 0.471. The van der Waals surface area contributed by atoms with Crippen LogP contribution in [0.15, 0.2) is 35.4 Å². The SMILES string of the molecule is Cc1ccc(SCc2ccn(C3CCCCC3)n2)c(N)c1. The summed E-state index contributed by atoms with van der Waals surface area (Å²) in [5, 5.41) is 4.75. The second kappa shape index (κ2) is 6.56. The normalized spacial score (nSPS) is 16.2. The minimum absolute atomic E-state index is 0.613. The fourth-order valence-corrected chi connectivity index (χ4v) is 3.80. The van der Waals surface area contributed by atoms with Crippen molar-refractivity contribution in [1.29, 1.82) is 0 Å². The van der Waals surface area contributed by atoms with Crippen molar-refractivity contribution in [2.45, 2.75) is 55.7 Å². The van der Waals surface area contributed by atoms with Crippen LogP contribution in [0.3, 0.4) is 0 Å². The van der Waals surface area contributed by atoms with Crippen molar-refractivity contribution in [2.75, 3.05) is 5.73 Å². The van der Waals surface area contributed by atoms with Gasteiger partial charge in [0, 0.05) is 22.5 Å². The molecule has 0 amide bonds. The largest absolute Gasteiger partial charge is 0.398 e. The smallest absolute Gasteiger partial charge is 0.0727 e. The van der Waals surface area contributed by atoms with Crippen molar-refractivity contribution in [2.24, 2.45) is 0 Å². The topological polar surface area (TPSA) is 43.8 Å². The molecule has 2 aromatic rings. The zero-order valence-electron chi connectivity index (χ0n) is 12.6. The molecule has 112 valence electrons. The van der Waals surface area contributed by atoms with E-state index in [1.54, 1.807) is 11.8 Å². The molecule has 1 aromatic carbocycles. The molecule has 0 radical (unpaired) electrons. The number of nitrogens with two attached hydrogens (primary N) is 1. The van der Waals surface area contributed by atoms with Crippen LogP contribution in [0.25, 0.3) is 0 Å². The number of nitrogen functional groups attached to an aromatic ring is 1. The predicted molar refractivity (Wildman–Crippen MR) is 89.5 cm³/mol. The summed E-state index contributed by atoms with van der Waals surface area (Å²) in [7, 11) is 0. The molecule has 1 fully saturated rings. The van der Waals surface area contributed by atoms with Crippen LogP contribution in [0.1, 0.15) is 49.4 Å². The number of nitrogens with zero attached hydrogens (tertiary/aromatic N) is 2. The van der Waals surface area contributed by atoms with Crippen LogP contribution < -0.4 is 5.73 Å². The molecule has 3 nitrogen and oxygen atoms in total. The highest BCUT2D eigenvalue weighted by atomic mass is 32.2. The second-order valence-electron chi connectivity index (χ2n) is 5.91. The Morgan fingerprint density at radius 2 is 2.05 bits per heavy atom. The van der Waals surface area contributed by atoms with Gasteiger partial charge in [-0.05, 0) is 43.5 Å². The second-order valence-corrected chi connectivity index (χ2v) is 6.93. The Morgan fingerprint density at radius 3 is 2.81 bits per heavy atom. The van der Waals surface area contributed by atoms with E-state index in [2.05, 4.69) is 36.0 Å². The first kappa shape index (κ1) is 14.5. The van der Waals surface area contributed by atoms with E-state index in [-0.39, 0.29) is 0 Å². The molecule has 2 N–H and O–H groups in total. The van der Waals surface area contributed by atoms with Crippen LogP contribution in [-0.4, -0.2) is 9.78 Å². The summed E-state index contributed by atoms with van der Waals surface area (Å²) in [4.78, 5) is 1.15. The summed E-state index contributed by atoms with van der Waals surface area (Å²) in [6, 6.07) is 9.00. The van der Waals surface area contributed by atoms with Gasteiger partial charge < -0.3 is 5.73 Å². The van der Waals surface area contributed by atoms with Crippen molar-refractivity contribution in [3.8, 4) is 0 Å². The van der Waals surface area contributed by atoms with Gasteiger partial charge in [0.2, 0.25) is 0 Å². The van der Waals surface area contributed by atoms with Crippen LogP contribution in [-0.2, 0) is 5.75 Å². The lowest BCUT2D eigenvalue weighted by molar-refractivity contribution is 0.328. The maximum atomic E-state index is 6.06. The van der Waals surface area contributed by atoms with E-state index < -0.39 is 0 Å². The molecule has 0 spiro atoms. The number of benzene rings is 1. The van der Waals surface area contributed by atoms with Gasteiger partial charge in [0.15, 0.2) is 0 Å². The van der Waals surface area contributed by atoms with Crippen LogP contribution in [0.2, 0.25) is 0 Å². The molecule has 0 unspecified atom stereocenters. The standard InChI is InChI=1S/C17H23N3S/c1-13-7-8-17(16(18)11-13)21-12-14-9-10-20(19-14)15-5-3-2-4-6-15/h7-11,15H,2-6,12,18H2,1H3. The van der Waals surface area contributed by atoms with E-state index in [0.717, 1.165) is 22.0 Å². The lowest BCUT2D eigenvalue weighted by atomic mass is 9.96. The summed E-state index contributed by atoms with van der Waals surface area (Å²) in [6.07, 6.45) is 8.76. The summed E-state index contributed by atoms with van der Waals surface area (Å²) >= 11 is 1.77. The maximum absolute atomic E-state index is 6.06. The molecule has 4 heteroatoms. The number of anilines is 1. The highest BCUT2D eigenvalue weighted by Gasteiger charge is 2.16. The third kappa shape index (κ3) is 3.62. The number of aromatic nitrogens is 2. The Labute approximate surface area is 130 Å². The average Bonchev–Trinajstić information content (AvgIpc) is 2.96. The highest BCUT2D eigenvalue weighted by Crippen LogP contribution is 2.30. The highest BCUT2D eigenvalue weighted by molar-refractivity contribution is 7.98. The van der Waals surface area contributed by atoms with Crippen LogP contribution in [0, 0.1) is 6.92 Å². The Kier molecular flexibility index (Phi) is 4.54. The molecular formula is C17H23N3S. The van der Waals surface area contributed by atoms with Crippen LogP contribution in [0.5, 0.6) is 0 Å². The van der Waals surface area contributed by atoms with E-state index in [1.807, 2.05) is 6.07 Å². The summed E-state index contributed by atoms with van der Waals surface area (Å²) < 4.78 is 2.17. The van der Waals surface area contributed by atoms with Gasteiger partial charge >= 0.3 is 0 Å². The van der Waals surface area contributed by atoms with E-state index >= 15 is 0 Å². The fourth-order valence-electron chi connectivity index (χ4n) is 2.95. The van der Waals surface area contributed by atoms with E-state index in [1.165, 1.54) is 37.7 Å². The minimum Gasteiger partial charge on any atom is -0.398 e. The molecule has 0 atom stereocenters. The Morgan fingerprint density at radius 1 is 1.24 bits per heavy atom. The molecule has 3 rings (SSSR count). The Hall–Kier alpha value is -1.42. The van der Waals surface area contributed by atoms with Crippen molar-refractivity contribution < 1.29 is 0 Å². The summed E-state index contributed by atoms with van der Waals surface area (Å²) in [5.74, 6) is 0.882. The number of rotatable bonds is 4. The third-order valence-electron chi connectivity index (χ3n) is 4.15. The van der Waals surface area contributed by atoms with Gasteiger partial charge in [-0.2, -0.15) is 5.10 Å². The molecule has 1 aliphatic carbocycles. The summed E-state index contributed by atoms with van der Waals surface area (Å²) in [5.41, 5.74) is 9.28. The van der Waals surface area contributed by atoms with Gasteiger partial charge in [0.1, 0.15) is 0 Å². The zero-order valence-corrected chi connectivity index (χ0v) is 13.4. The molecule has 1 aromatic heterocycles. The van der Waals surface area contributed by atoms with Gasteiger partial charge in [-0.1, -0.05) is 25.3 Å². The number of hydrogen-bond donors (Lipinski definition) is 1. The maximum Gasteiger partial charge on any atom is 0.0727 e. The van der Waals surface area contributed by atoms with E-state index in [9.17, 15) is 0 Å². The van der Waals surface area contributed by atoms with Gasteiger partial charge in [0.25, 0.3) is 0 Å². The number of hydrogen-bond acceptors (Lipinski definition) is 3. The Balaban J connectivity index is 1.61. The van der Waals surface area contributed by atoms with Crippen molar-refractivity contribution in [1.82, 2.24) is 9.78 Å². The molecule has 0 aliphatic heterocycles. The monoisotopic (exact) mass is 301 g/mol. The quantitative estimate of drug-likeness (QED) is 0.664. The van der Waals surface area contributed by atoms with Gasteiger partial charge in [0.05, 0.1) is 11.7 Å². The van der Waals surface area contributed by atoms with Gasteiger partial charge in [-0.15, -0.1) is 11.8 Å². The molecule has 1 saturated carbocycles. The number of thioether (sulfide) groups is 1. The number of aryl methyl sites for hydroxylation is 1. The Bertz CT molecular complexity index is 600. The van der Waals surface area contributed by atoms with Gasteiger partial charge in [-0.3, -0.25) is 4.68 Å². The molecule has 1 aliphatic rings. The first-order valence-corrected chi connectivity index (χ1v) is 8.74. The first-order chi connectivity index (χ1) is 10.2. The minimum atomic E-state index is 0.613. The lowest BCUT2D eigenvalue weighted by Crippen LogP contribution is -2.13. The zero-order chi connectivity index (χ0) is 14.7. The molecular weight excluding hydrogens is 278 g/mol. The van der Waals surface area contributed by atoms with E-state index in [4.69, 9.17) is 10.8 Å². The predicted octanol–water partition coefficient (Wildman–Crippen LogP) is 4.57. The molecule has 21 heavy (non-hydrogen) atoms. The van der Waals surface area contributed by atoms with Crippen molar-refractivity contribution in [3.63, 3.8) is 0 Å². The van der Waals surface area contributed by atoms with Crippen LogP contribution >= 0.6 is 11.8 Å². The third-order valence-corrected chi connectivity index (χ3v) is 5.28. The van der Waals surface area contributed by atoms with Gasteiger partial charge in [-0.25, -0.2) is 0 Å². The van der Waals surface area contributed by atoms with Crippen molar-refractivity contribution in [3.05, 3.63) is 41.7 Å².